The van der Waals surface area contributed by atoms with Gasteiger partial charge in [0.05, 0.1) is 21.8 Å². The molecule has 0 amide bonds. The van der Waals surface area contributed by atoms with Crippen LogP contribution in [-0.2, 0) is 6.42 Å². The van der Waals surface area contributed by atoms with E-state index in [9.17, 15) is 0 Å². The van der Waals surface area contributed by atoms with E-state index in [1.165, 1.54) is 0 Å². The molecule has 0 aliphatic carbocycles. The van der Waals surface area contributed by atoms with Gasteiger partial charge in [-0.05, 0) is 30.2 Å². The molecule has 21 heavy (non-hydrogen) atoms. The number of hydrogen-bond donors (Lipinski definition) is 2. The van der Waals surface area contributed by atoms with Crippen LogP contribution in [0.25, 0.3) is 11.0 Å². The minimum absolute atomic E-state index is 0.466. The molecule has 0 radical (unpaired) electrons. The molecule has 0 aliphatic rings. The van der Waals surface area contributed by atoms with Crippen LogP contribution in [0, 0.1) is 5.41 Å². The molecule has 2 aromatic heterocycles. The number of aromatic nitrogens is 3. The molecular weight excluding hydrogens is 307 g/mol. The van der Waals surface area contributed by atoms with Gasteiger partial charge >= 0.3 is 0 Å². The molecule has 4 nitrogen and oxygen atoms in total. The maximum absolute atomic E-state index is 8.12. The molecular formula is C15H12Cl2N4. The zero-order valence-electron chi connectivity index (χ0n) is 11.0. The Morgan fingerprint density at radius 1 is 1.19 bits per heavy atom. The van der Waals surface area contributed by atoms with Crippen LogP contribution in [0.15, 0.2) is 36.7 Å². The number of imidazole rings is 1. The number of halogens is 2. The Bertz CT molecular complexity index is 777. The highest BCUT2D eigenvalue weighted by molar-refractivity contribution is 6.42. The zero-order chi connectivity index (χ0) is 14.8. The van der Waals surface area contributed by atoms with Crippen molar-refractivity contribution in [2.75, 3.05) is 0 Å². The van der Waals surface area contributed by atoms with Crippen molar-refractivity contribution in [2.45, 2.75) is 12.8 Å². The third-order valence-corrected chi connectivity index (χ3v) is 3.95. The van der Waals surface area contributed by atoms with E-state index in [0.29, 0.717) is 28.6 Å². The number of pyridine rings is 1. The van der Waals surface area contributed by atoms with Gasteiger partial charge in [-0.1, -0.05) is 29.3 Å². The highest BCUT2D eigenvalue weighted by Gasteiger charge is 2.07. The number of nitrogens with zero attached hydrogens (tertiary/aromatic N) is 2. The summed E-state index contributed by atoms with van der Waals surface area (Å²) in [5.41, 5.74) is 3.09. The van der Waals surface area contributed by atoms with Crippen molar-refractivity contribution in [3.63, 3.8) is 0 Å². The summed E-state index contributed by atoms with van der Waals surface area (Å²) in [6.07, 6.45) is 4.68. The van der Waals surface area contributed by atoms with Crippen LogP contribution in [0.5, 0.6) is 0 Å². The average Bonchev–Trinajstić information content (AvgIpc) is 2.90. The van der Waals surface area contributed by atoms with Gasteiger partial charge in [0.15, 0.2) is 0 Å². The summed E-state index contributed by atoms with van der Waals surface area (Å²) < 4.78 is 0. The highest BCUT2D eigenvalue weighted by Crippen LogP contribution is 2.23. The molecule has 0 saturated heterocycles. The van der Waals surface area contributed by atoms with Gasteiger partial charge in [-0.15, -0.1) is 0 Å². The van der Waals surface area contributed by atoms with Gasteiger partial charge in [-0.25, -0.2) is 4.98 Å². The summed E-state index contributed by atoms with van der Waals surface area (Å²) in [5.74, 6) is 0.850. The van der Waals surface area contributed by atoms with E-state index in [-0.39, 0.29) is 0 Å². The fourth-order valence-electron chi connectivity index (χ4n) is 2.10. The molecule has 0 spiro atoms. The van der Waals surface area contributed by atoms with E-state index in [4.69, 9.17) is 28.6 Å². The van der Waals surface area contributed by atoms with Gasteiger partial charge < -0.3 is 10.4 Å². The van der Waals surface area contributed by atoms with E-state index in [1.54, 1.807) is 30.6 Å². The summed E-state index contributed by atoms with van der Waals surface area (Å²) in [5, 5.41) is 9.09. The standard InChI is InChI=1S/C15H12Cl2N4/c16-10-2-1-9(7-11(10)17)12(18)3-4-15-20-13-5-6-19-8-14(13)21-15/h1-2,5-8,18H,3-4H2,(H,20,21). The van der Waals surface area contributed by atoms with E-state index < -0.39 is 0 Å². The maximum atomic E-state index is 8.12. The molecule has 3 aromatic rings. The first-order chi connectivity index (χ1) is 10.1. The molecule has 2 heterocycles. The Hall–Kier alpha value is -1.91. The summed E-state index contributed by atoms with van der Waals surface area (Å²) in [7, 11) is 0. The molecule has 0 unspecified atom stereocenters. The number of H-pyrrole nitrogens is 1. The second-order valence-electron chi connectivity index (χ2n) is 4.68. The first-order valence-corrected chi connectivity index (χ1v) is 7.20. The Morgan fingerprint density at radius 2 is 2.05 bits per heavy atom. The first kappa shape index (κ1) is 14.0. The fourth-order valence-corrected chi connectivity index (χ4v) is 2.40. The fraction of sp³-hybridized carbons (Fsp3) is 0.133. The van der Waals surface area contributed by atoms with E-state index in [2.05, 4.69) is 15.0 Å². The minimum atomic E-state index is 0.466. The van der Waals surface area contributed by atoms with Gasteiger partial charge in [0.25, 0.3) is 0 Å². The lowest BCUT2D eigenvalue weighted by molar-refractivity contribution is 0.937. The van der Waals surface area contributed by atoms with Crippen molar-refractivity contribution in [2.24, 2.45) is 0 Å². The quantitative estimate of drug-likeness (QED) is 0.705. The van der Waals surface area contributed by atoms with Gasteiger partial charge in [-0.2, -0.15) is 0 Å². The highest BCUT2D eigenvalue weighted by atomic mass is 35.5. The third kappa shape index (κ3) is 3.06. The molecule has 0 bridgehead atoms. The van der Waals surface area contributed by atoms with Crippen molar-refractivity contribution >= 4 is 39.9 Å². The average molecular weight is 319 g/mol. The normalized spacial score (nSPS) is 11.0. The molecule has 106 valence electrons. The third-order valence-electron chi connectivity index (χ3n) is 3.21. The second-order valence-corrected chi connectivity index (χ2v) is 5.50. The lowest BCUT2D eigenvalue weighted by Crippen LogP contribution is -2.02. The molecule has 3 rings (SSSR count). The van der Waals surface area contributed by atoms with Gasteiger partial charge in [-0.3, -0.25) is 4.98 Å². The number of hydrogen-bond acceptors (Lipinski definition) is 3. The van der Waals surface area contributed by atoms with Gasteiger partial charge in [0.1, 0.15) is 11.3 Å². The maximum Gasteiger partial charge on any atom is 0.107 e. The van der Waals surface area contributed by atoms with E-state index in [1.807, 2.05) is 6.07 Å². The predicted octanol–water partition coefficient (Wildman–Crippen LogP) is 4.27. The number of benzene rings is 1. The van der Waals surface area contributed by atoms with E-state index >= 15 is 0 Å². The second kappa shape index (κ2) is 5.84. The van der Waals surface area contributed by atoms with Crippen LogP contribution in [0.4, 0.5) is 0 Å². The predicted molar refractivity (Wildman–Crippen MR) is 85.5 cm³/mol. The molecule has 6 heteroatoms. The Kier molecular flexibility index (Phi) is 3.90. The Balaban J connectivity index is 1.71. The summed E-state index contributed by atoms with van der Waals surface area (Å²) in [4.78, 5) is 11.7. The van der Waals surface area contributed by atoms with Crippen LogP contribution < -0.4 is 0 Å². The Labute approximate surface area is 131 Å². The van der Waals surface area contributed by atoms with Crippen molar-refractivity contribution in [3.8, 4) is 0 Å². The largest absolute Gasteiger partial charge is 0.342 e. The molecule has 0 fully saturated rings. The van der Waals surface area contributed by atoms with Crippen molar-refractivity contribution in [1.29, 1.82) is 5.41 Å². The molecule has 0 atom stereocenters. The zero-order valence-corrected chi connectivity index (χ0v) is 12.5. The molecule has 2 N–H and O–H groups in total. The Morgan fingerprint density at radius 3 is 2.81 bits per heavy atom. The van der Waals surface area contributed by atoms with E-state index in [0.717, 1.165) is 22.4 Å². The number of fused-ring (bicyclic) bond motifs is 1. The molecule has 0 saturated carbocycles. The van der Waals surface area contributed by atoms with Crippen molar-refractivity contribution in [1.82, 2.24) is 15.0 Å². The van der Waals surface area contributed by atoms with Crippen molar-refractivity contribution in [3.05, 3.63) is 58.1 Å². The first-order valence-electron chi connectivity index (χ1n) is 6.45. The van der Waals surface area contributed by atoms with Crippen LogP contribution in [-0.4, -0.2) is 20.7 Å². The smallest absolute Gasteiger partial charge is 0.107 e. The molecule has 1 aromatic carbocycles. The van der Waals surface area contributed by atoms with Crippen LogP contribution in [0.2, 0.25) is 10.0 Å². The van der Waals surface area contributed by atoms with Crippen LogP contribution >= 0.6 is 23.2 Å². The number of aromatic amines is 1. The van der Waals surface area contributed by atoms with Crippen LogP contribution in [0.3, 0.4) is 0 Å². The molecule has 0 aliphatic heterocycles. The van der Waals surface area contributed by atoms with Crippen molar-refractivity contribution < 1.29 is 0 Å². The summed E-state index contributed by atoms with van der Waals surface area (Å²) >= 11 is 11.9. The minimum Gasteiger partial charge on any atom is -0.342 e. The topological polar surface area (TPSA) is 65.4 Å². The van der Waals surface area contributed by atoms with Crippen LogP contribution in [0.1, 0.15) is 17.8 Å². The van der Waals surface area contributed by atoms with Gasteiger partial charge in [0, 0.05) is 18.3 Å². The SMILES string of the molecule is N=C(CCc1nc2cnccc2[nH]1)c1ccc(Cl)c(Cl)c1. The number of rotatable bonds is 4. The lowest BCUT2D eigenvalue weighted by atomic mass is 10.1. The number of aryl methyl sites for hydroxylation is 1. The lowest BCUT2D eigenvalue weighted by Gasteiger charge is -2.04. The number of nitrogens with one attached hydrogen (secondary N) is 2. The summed E-state index contributed by atoms with van der Waals surface area (Å²) in [6.45, 7) is 0. The summed E-state index contributed by atoms with van der Waals surface area (Å²) in [6, 6.07) is 7.12. The van der Waals surface area contributed by atoms with Gasteiger partial charge in [0.2, 0.25) is 0 Å². The monoisotopic (exact) mass is 318 g/mol.